The number of hydrogen-bond donors (Lipinski definition) is 2. The van der Waals surface area contributed by atoms with E-state index in [1.54, 1.807) is 18.2 Å². The lowest BCUT2D eigenvalue weighted by atomic mass is 10.2. The van der Waals surface area contributed by atoms with E-state index >= 15 is 0 Å². The van der Waals surface area contributed by atoms with Crippen LogP contribution in [0.3, 0.4) is 0 Å². The highest BCUT2D eigenvalue weighted by molar-refractivity contribution is 9.10. The molecule has 0 fully saturated rings. The Morgan fingerprint density at radius 1 is 1.35 bits per heavy atom. The fourth-order valence-corrected chi connectivity index (χ4v) is 1.88. The van der Waals surface area contributed by atoms with E-state index in [1.165, 1.54) is 18.4 Å². The molecule has 0 aliphatic carbocycles. The van der Waals surface area contributed by atoms with Crippen LogP contribution in [0.4, 0.5) is 5.69 Å². The Morgan fingerprint density at radius 3 is 2.80 bits per heavy atom. The molecule has 2 rings (SSSR count). The first-order valence-corrected chi connectivity index (χ1v) is 6.34. The van der Waals surface area contributed by atoms with Gasteiger partial charge < -0.3 is 19.6 Å². The third-order valence-electron chi connectivity index (χ3n) is 2.32. The summed E-state index contributed by atoms with van der Waals surface area (Å²) in [4.78, 5) is 22.4. The van der Waals surface area contributed by atoms with Crippen LogP contribution in [-0.2, 0) is 4.79 Å². The molecule has 1 amide bonds. The first kappa shape index (κ1) is 14.1. The van der Waals surface area contributed by atoms with Gasteiger partial charge in [-0.05, 0) is 34.1 Å². The number of aliphatic carboxylic acids is 1. The molecule has 1 aromatic heterocycles. The molecule has 6 nitrogen and oxygen atoms in total. The molecule has 2 N–H and O–H groups in total. The second kappa shape index (κ2) is 6.25. The monoisotopic (exact) mass is 339 g/mol. The van der Waals surface area contributed by atoms with E-state index in [0.29, 0.717) is 21.7 Å². The number of carbonyl (C=O) groups excluding carboxylic acids is 1. The molecule has 0 aliphatic rings. The number of ether oxygens (including phenoxy) is 1. The minimum atomic E-state index is -1.07. The molecule has 7 heteroatoms. The number of benzene rings is 1. The van der Waals surface area contributed by atoms with Crippen molar-refractivity contribution in [3.05, 3.63) is 46.8 Å². The zero-order valence-electron chi connectivity index (χ0n) is 10.1. The Balaban J connectivity index is 2.06. The highest BCUT2D eigenvalue weighted by Gasteiger charge is 2.13. The summed E-state index contributed by atoms with van der Waals surface area (Å²) in [6.07, 6.45) is 1.39. The fraction of sp³-hybridized carbons (Fsp3) is 0.0769. The second-order valence-corrected chi connectivity index (χ2v) is 4.49. The number of amides is 1. The standard InChI is InChI=1S/C13H10BrNO5/c14-12-10(4-5-19-12)13(18)15-8-2-1-3-9(6-8)20-7-11(16)17/h1-6H,7H2,(H,15,18)(H,16,17). The van der Waals surface area contributed by atoms with Gasteiger partial charge in [0.05, 0.1) is 11.8 Å². The van der Waals surface area contributed by atoms with E-state index in [1.807, 2.05) is 0 Å². The lowest BCUT2D eigenvalue weighted by molar-refractivity contribution is -0.139. The van der Waals surface area contributed by atoms with Gasteiger partial charge in [-0.3, -0.25) is 4.79 Å². The summed E-state index contributed by atoms with van der Waals surface area (Å²) >= 11 is 3.12. The molecule has 104 valence electrons. The smallest absolute Gasteiger partial charge is 0.341 e. The Morgan fingerprint density at radius 2 is 2.15 bits per heavy atom. The Labute approximate surface area is 122 Å². The van der Waals surface area contributed by atoms with Gasteiger partial charge in [0.2, 0.25) is 0 Å². The van der Waals surface area contributed by atoms with Crippen molar-refractivity contribution in [3.63, 3.8) is 0 Å². The maximum Gasteiger partial charge on any atom is 0.341 e. The summed E-state index contributed by atoms with van der Waals surface area (Å²) in [6, 6.07) is 7.99. The number of anilines is 1. The molecule has 0 atom stereocenters. The average molecular weight is 340 g/mol. The maximum atomic E-state index is 11.9. The lowest BCUT2D eigenvalue weighted by Crippen LogP contribution is -2.12. The van der Waals surface area contributed by atoms with Crippen LogP contribution in [-0.4, -0.2) is 23.6 Å². The number of hydrogen-bond acceptors (Lipinski definition) is 4. The predicted molar refractivity (Wildman–Crippen MR) is 73.9 cm³/mol. The number of halogens is 1. The van der Waals surface area contributed by atoms with Crippen LogP contribution in [0, 0.1) is 0 Å². The first-order valence-electron chi connectivity index (χ1n) is 5.55. The summed E-state index contributed by atoms with van der Waals surface area (Å²) < 4.78 is 10.3. The number of furan rings is 1. The Kier molecular flexibility index (Phi) is 4.41. The summed E-state index contributed by atoms with van der Waals surface area (Å²) in [7, 11) is 0. The largest absolute Gasteiger partial charge is 0.482 e. The first-order chi connectivity index (χ1) is 9.56. The molecular weight excluding hydrogens is 330 g/mol. The van der Waals surface area contributed by atoms with Gasteiger partial charge in [-0.1, -0.05) is 6.07 Å². The third-order valence-corrected chi connectivity index (χ3v) is 2.93. The molecule has 0 spiro atoms. The molecule has 0 radical (unpaired) electrons. The van der Waals surface area contributed by atoms with Crippen molar-refractivity contribution in [1.29, 1.82) is 0 Å². The van der Waals surface area contributed by atoms with E-state index in [0.717, 1.165) is 0 Å². The van der Waals surface area contributed by atoms with Crippen molar-refractivity contribution in [3.8, 4) is 5.75 Å². The SMILES string of the molecule is O=C(O)COc1cccc(NC(=O)c2ccoc2Br)c1. The van der Waals surface area contributed by atoms with E-state index in [2.05, 4.69) is 21.2 Å². The maximum absolute atomic E-state index is 11.9. The number of carboxylic acid groups (broad SMARTS) is 1. The van der Waals surface area contributed by atoms with Crippen LogP contribution in [0.25, 0.3) is 0 Å². The van der Waals surface area contributed by atoms with Crippen LogP contribution >= 0.6 is 15.9 Å². The van der Waals surface area contributed by atoms with Crippen LogP contribution < -0.4 is 10.1 Å². The van der Waals surface area contributed by atoms with Gasteiger partial charge >= 0.3 is 5.97 Å². The highest BCUT2D eigenvalue weighted by Crippen LogP contribution is 2.21. The van der Waals surface area contributed by atoms with Crippen molar-refractivity contribution in [2.75, 3.05) is 11.9 Å². The van der Waals surface area contributed by atoms with Crippen LogP contribution in [0.1, 0.15) is 10.4 Å². The Hall–Kier alpha value is -2.28. The van der Waals surface area contributed by atoms with Crippen LogP contribution in [0.5, 0.6) is 5.75 Å². The average Bonchev–Trinajstić information content (AvgIpc) is 2.83. The topological polar surface area (TPSA) is 88.8 Å². The summed E-state index contributed by atoms with van der Waals surface area (Å²) in [5, 5.41) is 11.2. The summed E-state index contributed by atoms with van der Waals surface area (Å²) in [5.41, 5.74) is 0.854. The number of rotatable bonds is 5. The molecule has 1 heterocycles. The van der Waals surface area contributed by atoms with Gasteiger partial charge in [-0.2, -0.15) is 0 Å². The highest BCUT2D eigenvalue weighted by atomic mass is 79.9. The minimum Gasteiger partial charge on any atom is -0.482 e. The minimum absolute atomic E-state index is 0.341. The van der Waals surface area contributed by atoms with Gasteiger partial charge in [-0.25, -0.2) is 4.79 Å². The zero-order valence-corrected chi connectivity index (χ0v) is 11.7. The molecule has 0 saturated heterocycles. The van der Waals surface area contributed by atoms with Crippen molar-refractivity contribution < 1.29 is 23.8 Å². The van der Waals surface area contributed by atoms with Gasteiger partial charge in [0.25, 0.3) is 5.91 Å². The van der Waals surface area contributed by atoms with Gasteiger partial charge in [0.1, 0.15) is 5.75 Å². The summed E-state index contributed by atoms with van der Waals surface area (Å²) in [5.74, 6) is -1.06. The molecular formula is C13H10BrNO5. The quantitative estimate of drug-likeness (QED) is 0.874. The van der Waals surface area contributed by atoms with Crippen molar-refractivity contribution >= 4 is 33.5 Å². The fourth-order valence-electron chi connectivity index (χ4n) is 1.46. The molecule has 20 heavy (non-hydrogen) atoms. The molecule has 2 aromatic rings. The second-order valence-electron chi connectivity index (χ2n) is 3.77. The Bertz CT molecular complexity index is 637. The van der Waals surface area contributed by atoms with E-state index < -0.39 is 12.6 Å². The molecule has 0 bridgehead atoms. The predicted octanol–water partition coefficient (Wildman–Crippen LogP) is 2.76. The van der Waals surface area contributed by atoms with Crippen LogP contribution in [0.15, 0.2) is 45.7 Å². The normalized spacial score (nSPS) is 10.1. The van der Waals surface area contributed by atoms with Crippen LogP contribution in [0.2, 0.25) is 0 Å². The third kappa shape index (κ3) is 3.61. The molecule has 0 unspecified atom stereocenters. The molecule has 0 aliphatic heterocycles. The van der Waals surface area contributed by atoms with E-state index in [9.17, 15) is 9.59 Å². The number of nitrogens with one attached hydrogen (secondary N) is 1. The summed E-state index contributed by atoms with van der Waals surface area (Å²) in [6.45, 7) is -0.440. The van der Waals surface area contributed by atoms with Gasteiger partial charge in [0, 0.05) is 11.8 Å². The van der Waals surface area contributed by atoms with Gasteiger partial charge in [-0.15, -0.1) is 0 Å². The van der Waals surface area contributed by atoms with Gasteiger partial charge in [0.15, 0.2) is 11.3 Å². The molecule has 0 saturated carbocycles. The van der Waals surface area contributed by atoms with Crippen molar-refractivity contribution in [2.24, 2.45) is 0 Å². The van der Waals surface area contributed by atoms with Crippen molar-refractivity contribution in [1.82, 2.24) is 0 Å². The molecule has 1 aromatic carbocycles. The van der Waals surface area contributed by atoms with E-state index in [-0.39, 0.29) is 5.91 Å². The lowest BCUT2D eigenvalue weighted by Gasteiger charge is -2.07. The van der Waals surface area contributed by atoms with E-state index in [4.69, 9.17) is 14.3 Å². The number of carbonyl (C=O) groups is 2. The zero-order chi connectivity index (χ0) is 14.5. The van der Waals surface area contributed by atoms with Crippen molar-refractivity contribution in [2.45, 2.75) is 0 Å². The number of carboxylic acids is 1.